The lowest BCUT2D eigenvalue weighted by Gasteiger charge is -2.27. The Bertz CT molecular complexity index is 310. The summed E-state index contributed by atoms with van der Waals surface area (Å²) < 4.78 is 0. The number of nitrogens with zero attached hydrogens (tertiary/aromatic N) is 2. The third-order valence-electron chi connectivity index (χ3n) is 2.76. The standard InChI is InChI=1S/C11H16ClN3/c12-11-9-14-3-1-10(11)2-6-15-7-4-13-5-8-15/h1,3,9,13H,2,4-8H2. The van der Waals surface area contributed by atoms with Crippen molar-refractivity contribution < 1.29 is 0 Å². The van der Waals surface area contributed by atoms with Gasteiger partial charge in [-0.1, -0.05) is 11.6 Å². The summed E-state index contributed by atoms with van der Waals surface area (Å²) in [5.74, 6) is 0. The first-order valence-corrected chi connectivity index (χ1v) is 5.75. The number of rotatable bonds is 3. The smallest absolute Gasteiger partial charge is 0.0621 e. The van der Waals surface area contributed by atoms with Gasteiger partial charge in [0.2, 0.25) is 0 Å². The van der Waals surface area contributed by atoms with Crippen LogP contribution in [-0.4, -0.2) is 42.6 Å². The number of pyridine rings is 1. The SMILES string of the molecule is Clc1cnccc1CCN1CCNCC1. The number of hydrogen-bond acceptors (Lipinski definition) is 3. The highest BCUT2D eigenvalue weighted by atomic mass is 35.5. The monoisotopic (exact) mass is 225 g/mol. The molecule has 15 heavy (non-hydrogen) atoms. The number of nitrogens with one attached hydrogen (secondary N) is 1. The van der Waals surface area contributed by atoms with E-state index in [1.807, 2.05) is 6.07 Å². The van der Waals surface area contributed by atoms with E-state index in [9.17, 15) is 0 Å². The molecule has 1 fully saturated rings. The Morgan fingerprint density at radius 1 is 1.40 bits per heavy atom. The third kappa shape index (κ3) is 3.16. The maximum Gasteiger partial charge on any atom is 0.0621 e. The summed E-state index contributed by atoms with van der Waals surface area (Å²) in [4.78, 5) is 6.45. The van der Waals surface area contributed by atoms with Gasteiger partial charge in [-0.15, -0.1) is 0 Å². The van der Waals surface area contributed by atoms with Crippen LogP contribution in [0.5, 0.6) is 0 Å². The molecule has 1 aromatic rings. The summed E-state index contributed by atoms with van der Waals surface area (Å²) in [5, 5.41) is 4.13. The topological polar surface area (TPSA) is 28.2 Å². The van der Waals surface area contributed by atoms with Crippen molar-refractivity contribution in [1.82, 2.24) is 15.2 Å². The highest BCUT2D eigenvalue weighted by molar-refractivity contribution is 6.31. The number of piperazine rings is 1. The molecule has 1 saturated heterocycles. The van der Waals surface area contributed by atoms with E-state index in [1.165, 1.54) is 5.56 Å². The Morgan fingerprint density at radius 3 is 2.93 bits per heavy atom. The van der Waals surface area contributed by atoms with Crippen LogP contribution < -0.4 is 5.32 Å². The molecule has 0 unspecified atom stereocenters. The van der Waals surface area contributed by atoms with Gasteiger partial charge in [-0.25, -0.2) is 0 Å². The predicted octanol–water partition coefficient (Wildman–Crippen LogP) is 1.18. The first-order chi connectivity index (χ1) is 7.36. The van der Waals surface area contributed by atoms with Gasteiger partial charge in [-0.05, 0) is 18.1 Å². The molecule has 0 saturated carbocycles. The van der Waals surface area contributed by atoms with Gasteiger partial charge in [0.1, 0.15) is 0 Å². The van der Waals surface area contributed by atoms with Crippen LogP contribution in [0.1, 0.15) is 5.56 Å². The number of aromatic nitrogens is 1. The van der Waals surface area contributed by atoms with Crippen molar-refractivity contribution >= 4 is 11.6 Å². The van der Waals surface area contributed by atoms with Gasteiger partial charge in [0.15, 0.2) is 0 Å². The summed E-state index contributed by atoms with van der Waals surface area (Å²) >= 11 is 6.05. The minimum absolute atomic E-state index is 0.785. The number of halogens is 1. The van der Waals surface area contributed by atoms with Crippen LogP contribution in [0, 0.1) is 0 Å². The Labute approximate surface area is 95.4 Å². The molecule has 82 valence electrons. The quantitative estimate of drug-likeness (QED) is 0.838. The molecule has 1 aromatic heterocycles. The van der Waals surface area contributed by atoms with E-state index < -0.39 is 0 Å². The molecule has 0 radical (unpaired) electrons. The molecule has 0 amide bonds. The lowest BCUT2D eigenvalue weighted by atomic mass is 10.2. The molecule has 1 N–H and O–H groups in total. The van der Waals surface area contributed by atoms with Crippen molar-refractivity contribution in [3.63, 3.8) is 0 Å². The van der Waals surface area contributed by atoms with Crippen LogP contribution >= 0.6 is 11.6 Å². The minimum Gasteiger partial charge on any atom is -0.314 e. The zero-order valence-corrected chi connectivity index (χ0v) is 9.50. The Kier molecular flexibility index (Phi) is 3.94. The van der Waals surface area contributed by atoms with Gasteiger partial charge >= 0.3 is 0 Å². The average molecular weight is 226 g/mol. The van der Waals surface area contributed by atoms with Crippen LogP contribution in [0.4, 0.5) is 0 Å². The molecule has 1 aliphatic heterocycles. The normalized spacial score (nSPS) is 17.9. The fourth-order valence-electron chi connectivity index (χ4n) is 1.82. The number of hydrogen-bond donors (Lipinski definition) is 1. The molecule has 2 heterocycles. The van der Waals surface area contributed by atoms with Crippen LogP contribution in [-0.2, 0) is 6.42 Å². The largest absolute Gasteiger partial charge is 0.314 e. The van der Waals surface area contributed by atoms with Gasteiger partial charge in [0, 0.05) is 45.1 Å². The van der Waals surface area contributed by atoms with Gasteiger partial charge in [-0.3, -0.25) is 4.98 Å². The maximum absolute atomic E-state index is 6.05. The van der Waals surface area contributed by atoms with Crippen molar-refractivity contribution in [2.75, 3.05) is 32.7 Å². The van der Waals surface area contributed by atoms with E-state index in [0.717, 1.165) is 44.2 Å². The second-order valence-electron chi connectivity index (χ2n) is 3.81. The molecular weight excluding hydrogens is 210 g/mol. The van der Waals surface area contributed by atoms with Crippen LogP contribution in [0.25, 0.3) is 0 Å². The van der Waals surface area contributed by atoms with Gasteiger partial charge < -0.3 is 10.2 Å². The minimum atomic E-state index is 0.785. The molecule has 4 heteroatoms. The van der Waals surface area contributed by atoms with E-state index in [-0.39, 0.29) is 0 Å². The molecule has 0 atom stereocenters. The van der Waals surface area contributed by atoms with Crippen LogP contribution in [0.15, 0.2) is 18.5 Å². The van der Waals surface area contributed by atoms with E-state index in [0.29, 0.717) is 0 Å². The van der Waals surface area contributed by atoms with Crippen molar-refractivity contribution in [2.24, 2.45) is 0 Å². The fourth-order valence-corrected chi connectivity index (χ4v) is 2.03. The van der Waals surface area contributed by atoms with Crippen molar-refractivity contribution in [2.45, 2.75) is 6.42 Å². The van der Waals surface area contributed by atoms with Gasteiger partial charge in [0.05, 0.1) is 5.02 Å². The van der Waals surface area contributed by atoms with Gasteiger partial charge in [-0.2, -0.15) is 0 Å². The molecule has 1 aliphatic rings. The highest BCUT2D eigenvalue weighted by Gasteiger charge is 2.09. The van der Waals surface area contributed by atoms with Crippen molar-refractivity contribution in [3.8, 4) is 0 Å². The first kappa shape index (κ1) is 10.9. The summed E-state index contributed by atoms with van der Waals surface area (Å²) in [6.45, 7) is 5.57. The lowest BCUT2D eigenvalue weighted by Crippen LogP contribution is -2.44. The second-order valence-corrected chi connectivity index (χ2v) is 4.22. The van der Waals surface area contributed by atoms with Crippen LogP contribution in [0.3, 0.4) is 0 Å². The molecule has 0 spiro atoms. The van der Waals surface area contributed by atoms with E-state index >= 15 is 0 Å². The summed E-state index contributed by atoms with van der Waals surface area (Å²) in [6.07, 6.45) is 4.54. The lowest BCUT2D eigenvalue weighted by molar-refractivity contribution is 0.244. The van der Waals surface area contributed by atoms with Gasteiger partial charge in [0.25, 0.3) is 0 Å². The average Bonchev–Trinajstić information content (AvgIpc) is 2.29. The summed E-state index contributed by atoms with van der Waals surface area (Å²) in [7, 11) is 0. The van der Waals surface area contributed by atoms with Crippen molar-refractivity contribution in [3.05, 3.63) is 29.0 Å². The summed E-state index contributed by atoms with van der Waals surface area (Å²) in [6, 6.07) is 2.00. The van der Waals surface area contributed by atoms with Crippen molar-refractivity contribution in [1.29, 1.82) is 0 Å². The molecule has 0 bridgehead atoms. The predicted molar refractivity (Wildman–Crippen MR) is 62.3 cm³/mol. The fraction of sp³-hybridized carbons (Fsp3) is 0.545. The zero-order chi connectivity index (χ0) is 10.5. The highest BCUT2D eigenvalue weighted by Crippen LogP contribution is 2.14. The summed E-state index contributed by atoms with van der Waals surface area (Å²) in [5.41, 5.74) is 1.20. The van der Waals surface area contributed by atoms with Crippen LogP contribution in [0.2, 0.25) is 5.02 Å². The molecule has 0 aliphatic carbocycles. The van der Waals surface area contributed by atoms with E-state index in [2.05, 4.69) is 15.2 Å². The third-order valence-corrected chi connectivity index (χ3v) is 3.10. The Hall–Kier alpha value is -0.640. The second kappa shape index (κ2) is 5.45. The Morgan fingerprint density at radius 2 is 2.20 bits per heavy atom. The van der Waals surface area contributed by atoms with E-state index in [1.54, 1.807) is 12.4 Å². The molecule has 3 nitrogen and oxygen atoms in total. The maximum atomic E-state index is 6.05. The zero-order valence-electron chi connectivity index (χ0n) is 8.75. The molecule has 2 rings (SSSR count). The molecule has 0 aromatic carbocycles. The van der Waals surface area contributed by atoms with E-state index in [4.69, 9.17) is 11.6 Å². The molecular formula is C11H16ClN3. The first-order valence-electron chi connectivity index (χ1n) is 5.38. The Balaban J connectivity index is 1.84.